The number of rotatable bonds is 6. The fraction of sp³-hybridized carbons (Fsp3) is 0.435. The predicted molar refractivity (Wildman–Crippen MR) is 115 cm³/mol. The van der Waals surface area contributed by atoms with Gasteiger partial charge in [0.05, 0.1) is 17.5 Å². The Morgan fingerprint density at radius 3 is 2.57 bits per heavy atom. The van der Waals surface area contributed by atoms with Crippen LogP contribution in [0.5, 0.6) is 0 Å². The maximum absolute atomic E-state index is 11.9. The van der Waals surface area contributed by atoms with Crippen molar-refractivity contribution in [3.63, 3.8) is 0 Å². The van der Waals surface area contributed by atoms with E-state index in [-0.39, 0.29) is 5.78 Å². The van der Waals surface area contributed by atoms with Gasteiger partial charge in [-0.1, -0.05) is 30.0 Å². The molecule has 0 aromatic heterocycles. The third-order valence-corrected chi connectivity index (χ3v) is 6.89. The molecule has 1 saturated heterocycles. The van der Waals surface area contributed by atoms with E-state index in [2.05, 4.69) is 46.2 Å². The van der Waals surface area contributed by atoms with Gasteiger partial charge in [-0.15, -0.1) is 0 Å². The largest absolute Gasteiger partial charge is 0.381 e. The minimum Gasteiger partial charge on any atom is -0.381 e. The second-order valence-corrected chi connectivity index (χ2v) is 8.67. The maximum atomic E-state index is 11.9. The third-order valence-electron chi connectivity index (χ3n) is 5.76. The van der Waals surface area contributed by atoms with Gasteiger partial charge in [0.2, 0.25) is 0 Å². The number of ketones is 1. The van der Waals surface area contributed by atoms with E-state index in [1.165, 1.54) is 15.5 Å². The van der Waals surface area contributed by atoms with Crippen molar-refractivity contribution in [3.8, 4) is 0 Å². The monoisotopic (exact) mass is 396 g/mol. The summed E-state index contributed by atoms with van der Waals surface area (Å²) < 4.78 is 5.48. The molecule has 148 valence electrons. The summed E-state index contributed by atoms with van der Waals surface area (Å²) in [4.78, 5) is 19.4. The fourth-order valence-electron chi connectivity index (χ4n) is 4.11. The van der Waals surface area contributed by atoms with Crippen LogP contribution in [0.2, 0.25) is 0 Å². The van der Waals surface area contributed by atoms with Gasteiger partial charge in [0.1, 0.15) is 0 Å². The van der Waals surface area contributed by atoms with Crippen molar-refractivity contribution in [1.82, 2.24) is 4.90 Å². The third kappa shape index (κ3) is 4.12. The molecule has 0 radical (unpaired) electrons. The number of hydrogen-bond acceptors (Lipinski definition) is 5. The van der Waals surface area contributed by atoms with Crippen molar-refractivity contribution in [1.29, 1.82) is 0 Å². The molecule has 2 aliphatic rings. The molecule has 0 bridgehead atoms. The summed E-state index contributed by atoms with van der Waals surface area (Å²) in [6.45, 7) is 5.94. The van der Waals surface area contributed by atoms with Crippen LogP contribution >= 0.6 is 11.8 Å². The van der Waals surface area contributed by atoms with Crippen molar-refractivity contribution in [2.45, 2.75) is 42.1 Å². The number of carbonyl (C=O) groups excluding carboxylic acids is 1. The highest BCUT2D eigenvalue weighted by atomic mass is 32.2. The van der Waals surface area contributed by atoms with E-state index in [0.717, 1.165) is 56.7 Å². The summed E-state index contributed by atoms with van der Waals surface area (Å²) in [6.07, 6.45) is 3.79. The van der Waals surface area contributed by atoms with Crippen molar-refractivity contribution in [3.05, 3.63) is 48.0 Å². The van der Waals surface area contributed by atoms with Gasteiger partial charge in [-0.05, 0) is 57.0 Å². The van der Waals surface area contributed by atoms with Gasteiger partial charge in [0.25, 0.3) is 0 Å². The van der Waals surface area contributed by atoms with Gasteiger partial charge in [0.15, 0.2) is 5.78 Å². The van der Waals surface area contributed by atoms with Crippen LogP contribution < -0.4 is 4.90 Å². The van der Waals surface area contributed by atoms with Crippen molar-refractivity contribution in [2.75, 3.05) is 38.2 Å². The molecule has 0 amide bonds. The molecule has 0 aliphatic carbocycles. The Balaban J connectivity index is 1.49. The number of anilines is 2. The van der Waals surface area contributed by atoms with E-state index >= 15 is 0 Å². The second-order valence-electron chi connectivity index (χ2n) is 7.59. The van der Waals surface area contributed by atoms with E-state index in [4.69, 9.17) is 4.74 Å². The lowest BCUT2D eigenvalue weighted by Gasteiger charge is -2.35. The Kier molecular flexibility index (Phi) is 6.04. The number of methoxy groups -OCH3 is 1. The minimum absolute atomic E-state index is 0.118. The molecule has 2 aromatic carbocycles. The van der Waals surface area contributed by atoms with E-state index in [1.807, 2.05) is 13.2 Å². The summed E-state index contributed by atoms with van der Waals surface area (Å²) in [5.41, 5.74) is 3.19. The van der Waals surface area contributed by atoms with Crippen LogP contribution in [0.3, 0.4) is 0 Å². The van der Waals surface area contributed by atoms with Crippen LogP contribution in [-0.4, -0.2) is 50.1 Å². The van der Waals surface area contributed by atoms with Gasteiger partial charge in [0, 0.05) is 42.1 Å². The van der Waals surface area contributed by atoms with Crippen LogP contribution in [0.1, 0.15) is 36.5 Å². The number of nitrogens with zero attached hydrogens (tertiary/aromatic N) is 2. The highest BCUT2D eigenvalue weighted by Crippen LogP contribution is 2.48. The number of ether oxygens (including phenoxy) is 1. The summed E-state index contributed by atoms with van der Waals surface area (Å²) in [7, 11) is 1.82. The SMILES string of the molecule is COC1CCN(CCCN2c3ccccc3Sc3ccc(C(C)=O)cc32)CC1. The molecule has 2 aliphatic heterocycles. The summed E-state index contributed by atoms with van der Waals surface area (Å²) in [5.74, 6) is 0.118. The highest BCUT2D eigenvalue weighted by Gasteiger charge is 2.24. The Morgan fingerprint density at radius 2 is 1.82 bits per heavy atom. The van der Waals surface area contributed by atoms with Gasteiger partial charge >= 0.3 is 0 Å². The molecular formula is C23H28N2O2S. The minimum atomic E-state index is 0.118. The lowest BCUT2D eigenvalue weighted by Crippen LogP contribution is -2.38. The molecule has 5 heteroatoms. The van der Waals surface area contributed by atoms with Crippen LogP contribution in [0, 0.1) is 0 Å². The molecule has 4 nitrogen and oxygen atoms in total. The van der Waals surface area contributed by atoms with Crippen molar-refractivity contribution in [2.24, 2.45) is 0 Å². The number of likely N-dealkylation sites (tertiary alicyclic amines) is 1. The zero-order valence-corrected chi connectivity index (χ0v) is 17.5. The Bertz CT molecular complexity index is 846. The molecule has 28 heavy (non-hydrogen) atoms. The predicted octanol–water partition coefficient (Wildman–Crippen LogP) is 4.99. The first-order chi connectivity index (χ1) is 13.7. The van der Waals surface area contributed by atoms with E-state index < -0.39 is 0 Å². The summed E-state index contributed by atoms with van der Waals surface area (Å²) in [5, 5.41) is 0. The quantitative estimate of drug-likeness (QED) is 0.642. The molecule has 4 rings (SSSR count). The smallest absolute Gasteiger partial charge is 0.159 e. The molecule has 2 aromatic rings. The standard InChI is InChI=1S/C23H28N2O2S/c1-17(26)18-8-9-23-21(16-18)25(20-6-3-4-7-22(20)28-23)13-5-12-24-14-10-19(27-2)11-15-24/h3-4,6-9,16,19H,5,10-15H2,1-2H3. The van der Waals surface area contributed by atoms with Gasteiger partial charge in [-0.25, -0.2) is 0 Å². The lowest BCUT2D eigenvalue weighted by molar-refractivity contribution is 0.0410. The topological polar surface area (TPSA) is 32.8 Å². The average Bonchev–Trinajstić information content (AvgIpc) is 2.73. The van der Waals surface area contributed by atoms with Crippen LogP contribution in [0.25, 0.3) is 0 Å². The first-order valence-corrected chi connectivity index (χ1v) is 10.9. The normalized spacial score (nSPS) is 17.3. The zero-order valence-electron chi connectivity index (χ0n) is 16.7. The van der Waals surface area contributed by atoms with E-state index in [0.29, 0.717) is 6.10 Å². The van der Waals surface area contributed by atoms with E-state index in [1.54, 1.807) is 18.7 Å². The lowest BCUT2D eigenvalue weighted by atomic mass is 10.1. The number of para-hydroxylation sites is 1. The first kappa shape index (κ1) is 19.5. The summed E-state index contributed by atoms with van der Waals surface area (Å²) in [6, 6.07) is 14.7. The number of hydrogen-bond donors (Lipinski definition) is 0. The average molecular weight is 397 g/mol. The summed E-state index contributed by atoms with van der Waals surface area (Å²) >= 11 is 1.79. The number of carbonyl (C=O) groups is 1. The fourth-order valence-corrected chi connectivity index (χ4v) is 5.19. The second kappa shape index (κ2) is 8.68. The van der Waals surface area contributed by atoms with Crippen LogP contribution in [0.4, 0.5) is 11.4 Å². The Hall–Kier alpha value is -1.82. The Labute approximate surface area is 171 Å². The van der Waals surface area contributed by atoms with Gasteiger partial charge in [-0.3, -0.25) is 4.79 Å². The molecular weight excluding hydrogens is 368 g/mol. The van der Waals surface area contributed by atoms with Crippen molar-refractivity contribution >= 4 is 28.9 Å². The number of Topliss-reactive ketones (excluding diaryl/α,β-unsaturated/α-hetero) is 1. The highest BCUT2D eigenvalue weighted by molar-refractivity contribution is 7.99. The number of benzene rings is 2. The van der Waals surface area contributed by atoms with Crippen molar-refractivity contribution < 1.29 is 9.53 Å². The zero-order chi connectivity index (χ0) is 19.5. The van der Waals surface area contributed by atoms with Crippen LogP contribution in [-0.2, 0) is 4.74 Å². The molecule has 0 atom stereocenters. The number of fused-ring (bicyclic) bond motifs is 2. The Morgan fingerprint density at radius 1 is 1.07 bits per heavy atom. The van der Waals surface area contributed by atoms with E-state index in [9.17, 15) is 4.79 Å². The molecule has 0 N–H and O–H groups in total. The van der Waals surface area contributed by atoms with Crippen LogP contribution in [0.15, 0.2) is 52.3 Å². The molecule has 0 saturated carbocycles. The molecule has 0 unspecified atom stereocenters. The first-order valence-electron chi connectivity index (χ1n) is 10.1. The molecule has 2 heterocycles. The number of piperidine rings is 1. The van der Waals surface area contributed by atoms with Gasteiger partial charge < -0.3 is 14.5 Å². The molecule has 1 fully saturated rings. The maximum Gasteiger partial charge on any atom is 0.159 e. The molecule has 0 spiro atoms. The van der Waals surface area contributed by atoms with Gasteiger partial charge in [-0.2, -0.15) is 0 Å².